The van der Waals surface area contributed by atoms with E-state index >= 15 is 0 Å². The summed E-state index contributed by atoms with van der Waals surface area (Å²) >= 11 is 0. The molecule has 4 aliphatic rings. The van der Waals surface area contributed by atoms with Gasteiger partial charge in [0.25, 0.3) is 0 Å². The van der Waals surface area contributed by atoms with Gasteiger partial charge < -0.3 is 15.3 Å². The van der Waals surface area contributed by atoms with E-state index in [0.717, 1.165) is 70.9 Å². The van der Waals surface area contributed by atoms with Crippen LogP contribution in [0.4, 0.5) is 0 Å². The number of likely N-dealkylation sites (tertiary alicyclic amines) is 1. The van der Waals surface area contributed by atoms with Crippen LogP contribution in [0.3, 0.4) is 0 Å². The Labute approximate surface area is 156 Å². The van der Waals surface area contributed by atoms with E-state index in [0.29, 0.717) is 17.8 Å². The number of nitrogens with one attached hydrogen (secondary N) is 1. The fraction of sp³-hybridized carbons (Fsp3) is 0.810. The van der Waals surface area contributed by atoms with Crippen LogP contribution in [0.5, 0.6) is 0 Å². The largest absolute Gasteiger partial charge is 0.393 e. The maximum absolute atomic E-state index is 13.4. The molecule has 2 saturated carbocycles. The van der Waals surface area contributed by atoms with Crippen molar-refractivity contribution >= 4 is 11.6 Å². The Morgan fingerprint density at radius 1 is 0.808 bits per heavy atom. The molecule has 4 unspecified atom stereocenters. The molecule has 0 aromatic carbocycles. The Bertz CT molecular complexity index is 594. The predicted octanol–water partition coefficient (Wildman–Crippen LogP) is 2.54. The first kappa shape index (κ1) is 18.0. The number of rotatable bonds is 3. The van der Waals surface area contributed by atoms with Gasteiger partial charge in [-0.15, -0.1) is 0 Å². The molecular formula is C21H32N2O3. The smallest absolute Gasteiger partial charge is 0.184 e. The molecule has 3 aliphatic carbocycles. The van der Waals surface area contributed by atoms with Crippen molar-refractivity contribution in [1.29, 1.82) is 0 Å². The van der Waals surface area contributed by atoms with Crippen LogP contribution in [0.2, 0.25) is 0 Å². The standard InChI is InChI=1S/C21H32N2O3/c24-15-8-6-7-14(13-15)22-18-19(23-11-4-1-5-12-23)21(26)17-10-3-2-9-16(17)20(18)25/h14-17,22,24H,1-13H2. The average Bonchev–Trinajstić information content (AvgIpc) is 2.67. The van der Waals surface area contributed by atoms with Crippen LogP contribution >= 0.6 is 0 Å². The Morgan fingerprint density at radius 2 is 1.50 bits per heavy atom. The van der Waals surface area contributed by atoms with E-state index in [1.165, 1.54) is 6.42 Å². The highest BCUT2D eigenvalue weighted by atomic mass is 16.3. The summed E-state index contributed by atoms with van der Waals surface area (Å²) < 4.78 is 0. The molecule has 4 rings (SSSR count). The third-order valence-electron chi connectivity index (χ3n) is 6.82. The van der Waals surface area contributed by atoms with Gasteiger partial charge in [-0.3, -0.25) is 9.59 Å². The quantitative estimate of drug-likeness (QED) is 0.809. The molecule has 0 amide bonds. The lowest BCUT2D eigenvalue weighted by molar-refractivity contribution is -0.134. The van der Waals surface area contributed by atoms with Crippen molar-refractivity contribution in [3.63, 3.8) is 0 Å². The number of fused-ring (bicyclic) bond motifs is 1. The molecule has 1 aliphatic heterocycles. The second kappa shape index (κ2) is 7.71. The van der Waals surface area contributed by atoms with E-state index in [9.17, 15) is 14.7 Å². The lowest BCUT2D eigenvalue weighted by atomic mass is 9.69. The Hall–Kier alpha value is -1.36. The van der Waals surface area contributed by atoms with E-state index in [1.54, 1.807) is 0 Å². The zero-order valence-electron chi connectivity index (χ0n) is 15.7. The van der Waals surface area contributed by atoms with Gasteiger partial charge >= 0.3 is 0 Å². The Kier molecular flexibility index (Phi) is 5.35. The van der Waals surface area contributed by atoms with Gasteiger partial charge in [0.05, 0.1) is 6.10 Å². The number of ketones is 2. The third-order valence-corrected chi connectivity index (χ3v) is 6.82. The van der Waals surface area contributed by atoms with Gasteiger partial charge in [0, 0.05) is 31.0 Å². The summed E-state index contributed by atoms with van der Waals surface area (Å²) in [5.74, 6) is 0.140. The molecule has 0 radical (unpaired) electrons. The van der Waals surface area contributed by atoms with Crippen LogP contribution in [-0.4, -0.2) is 46.8 Å². The number of nitrogens with zero attached hydrogens (tertiary/aromatic N) is 1. The lowest BCUT2D eigenvalue weighted by Crippen LogP contribution is -2.50. The highest BCUT2D eigenvalue weighted by molar-refractivity contribution is 6.13. The zero-order chi connectivity index (χ0) is 18.1. The number of piperidine rings is 1. The van der Waals surface area contributed by atoms with Crippen molar-refractivity contribution in [2.45, 2.75) is 82.8 Å². The summed E-state index contributed by atoms with van der Waals surface area (Å²) in [7, 11) is 0. The number of carbonyl (C=O) groups excluding carboxylic acids is 2. The molecule has 0 aromatic heterocycles. The maximum atomic E-state index is 13.4. The minimum Gasteiger partial charge on any atom is -0.393 e. The van der Waals surface area contributed by atoms with Crippen LogP contribution in [-0.2, 0) is 9.59 Å². The van der Waals surface area contributed by atoms with E-state index in [4.69, 9.17) is 0 Å². The topological polar surface area (TPSA) is 69.6 Å². The molecular weight excluding hydrogens is 328 g/mol. The molecule has 2 N–H and O–H groups in total. The summed E-state index contributed by atoms with van der Waals surface area (Å²) in [5, 5.41) is 13.5. The molecule has 144 valence electrons. The van der Waals surface area contributed by atoms with Gasteiger partial charge in [0.1, 0.15) is 11.4 Å². The fourth-order valence-corrected chi connectivity index (χ4v) is 5.43. The number of hydrogen-bond acceptors (Lipinski definition) is 5. The molecule has 3 fully saturated rings. The lowest BCUT2D eigenvalue weighted by Gasteiger charge is -2.41. The molecule has 1 saturated heterocycles. The van der Waals surface area contributed by atoms with Crippen molar-refractivity contribution < 1.29 is 14.7 Å². The maximum Gasteiger partial charge on any atom is 0.184 e. The van der Waals surface area contributed by atoms with Gasteiger partial charge in [-0.05, 0) is 57.8 Å². The molecule has 0 spiro atoms. The van der Waals surface area contributed by atoms with Crippen LogP contribution in [0.25, 0.3) is 0 Å². The molecule has 5 nitrogen and oxygen atoms in total. The average molecular weight is 360 g/mol. The van der Waals surface area contributed by atoms with E-state index in [-0.39, 0.29) is 35.5 Å². The fourth-order valence-electron chi connectivity index (χ4n) is 5.43. The van der Waals surface area contributed by atoms with Crippen LogP contribution in [0.1, 0.15) is 70.6 Å². The van der Waals surface area contributed by atoms with E-state index in [2.05, 4.69) is 10.2 Å². The summed E-state index contributed by atoms with van der Waals surface area (Å²) in [4.78, 5) is 28.9. The van der Waals surface area contributed by atoms with Gasteiger partial charge in [-0.2, -0.15) is 0 Å². The minimum absolute atomic E-state index is 0.101. The first-order valence-electron chi connectivity index (χ1n) is 10.7. The van der Waals surface area contributed by atoms with Crippen molar-refractivity contribution in [2.24, 2.45) is 11.8 Å². The van der Waals surface area contributed by atoms with Crippen molar-refractivity contribution in [1.82, 2.24) is 10.2 Å². The Morgan fingerprint density at radius 3 is 2.19 bits per heavy atom. The zero-order valence-corrected chi connectivity index (χ0v) is 15.7. The predicted molar refractivity (Wildman–Crippen MR) is 99.3 cm³/mol. The first-order valence-corrected chi connectivity index (χ1v) is 10.7. The van der Waals surface area contributed by atoms with Crippen LogP contribution < -0.4 is 5.32 Å². The highest BCUT2D eigenvalue weighted by Crippen LogP contribution is 2.40. The van der Waals surface area contributed by atoms with Crippen molar-refractivity contribution in [3.05, 3.63) is 11.4 Å². The summed E-state index contributed by atoms with van der Waals surface area (Å²) in [6, 6.07) is 0.102. The third kappa shape index (κ3) is 3.42. The van der Waals surface area contributed by atoms with Crippen molar-refractivity contribution in [3.8, 4) is 0 Å². The molecule has 4 atom stereocenters. The monoisotopic (exact) mass is 360 g/mol. The first-order chi connectivity index (χ1) is 12.6. The second-order valence-electron chi connectivity index (χ2n) is 8.66. The Balaban J connectivity index is 1.66. The highest BCUT2D eigenvalue weighted by Gasteiger charge is 2.46. The number of aliphatic hydroxyl groups excluding tert-OH is 1. The molecule has 26 heavy (non-hydrogen) atoms. The number of aliphatic hydroxyl groups is 1. The molecule has 1 heterocycles. The summed E-state index contributed by atoms with van der Waals surface area (Å²) in [5.41, 5.74) is 1.26. The minimum atomic E-state index is -0.294. The van der Waals surface area contributed by atoms with E-state index in [1.807, 2.05) is 0 Å². The number of allylic oxidation sites excluding steroid dienone is 2. The molecule has 0 aromatic rings. The second-order valence-corrected chi connectivity index (χ2v) is 8.66. The normalized spacial score (nSPS) is 36.1. The summed E-state index contributed by atoms with van der Waals surface area (Å²) in [6.07, 6.45) is 10.4. The van der Waals surface area contributed by atoms with Crippen LogP contribution in [0, 0.1) is 11.8 Å². The number of carbonyl (C=O) groups is 2. The van der Waals surface area contributed by atoms with E-state index < -0.39 is 0 Å². The van der Waals surface area contributed by atoms with Gasteiger partial charge in [-0.1, -0.05) is 12.8 Å². The van der Waals surface area contributed by atoms with Gasteiger partial charge in [-0.25, -0.2) is 0 Å². The SMILES string of the molecule is O=C1C(NC2CCCC(O)C2)=C(N2CCCCC2)C(=O)C2CCCCC12. The van der Waals surface area contributed by atoms with Crippen LogP contribution in [0.15, 0.2) is 11.4 Å². The van der Waals surface area contributed by atoms with Gasteiger partial charge in [0.15, 0.2) is 11.6 Å². The summed E-state index contributed by atoms with van der Waals surface area (Å²) in [6.45, 7) is 1.76. The number of Topliss-reactive ketones (excluding diaryl/α,β-unsaturated/α-hetero) is 2. The molecule has 5 heteroatoms. The number of hydrogen-bond donors (Lipinski definition) is 2. The van der Waals surface area contributed by atoms with Crippen molar-refractivity contribution in [2.75, 3.05) is 13.1 Å². The molecule has 0 bridgehead atoms. The van der Waals surface area contributed by atoms with Gasteiger partial charge in [0.2, 0.25) is 0 Å².